The zero-order chi connectivity index (χ0) is 14.1. The molecule has 0 aliphatic carbocycles. The summed E-state index contributed by atoms with van der Waals surface area (Å²) in [6, 6.07) is 0. The molecule has 0 aliphatic heterocycles. The van der Waals surface area contributed by atoms with Gasteiger partial charge in [0, 0.05) is 32.1 Å². The van der Waals surface area contributed by atoms with E-state index < -0.39 is 0 Å². The highest BCUT2D eigenvalue weighted by atomic mass is 16.5. The summed E-state index contributed by atoms with van der Waals surface area (Å²) in [5, 5.41) is 10.7. The van der Waals surface area contributed by atoms with Gasteiger partial charge in [-0.1, -0.05) is 32.3 Å². The van der Waals surface area contributed by atoms with Crippen LogP contribution in [0.2, 0.25) is 0 Å². The number of hydrogen-bond acceptors (Lipinski definition) is 3. The van der Waals surface area contributed by atoms with E-state index in [1.54, 1.807) is 7.05 Å². The summed E-state index contributed by atoms with van der Waals surface area (Å²) in [4.78, 5) is 4.21. The molecule has 0 fully saturated rings. The van der Waals surface area contributed by atoms with Gasteiger partial charge in [-0.25, -0.2) is 0 Å². The molecule has 0 atom stereocenters. The van der Waals surface area contributed by atoms with Crippen LogP contribution in [-0.2, 0) is 19.4 Å². The van der Waals surface area contributed by atoms with Crippen molar-refractivity contribution in [3.8, 4) is 0 Å². The molecule has 1 aromatic heterocycles. The van der Waals surface area contributed by atoms with Crippen molar-refractivity contribution in [2.45, 2.75) is 53.0 Å². The number of aliphatic imine (C=N–C) groups is 1. The second-order valence-electron chi connectivity index (χ2n) is 4.44. The van der Waals surface area contributed by atoms with Gasteiger partial charge < -0.3 is 15.2 Å². The lowest BCUT2D eigenvalue weighted by atomic mass is 10.1. The third-order valence-corrected chi connectivity index (χ3v) is 3.09. The fourth-order valence-electron chi connectivity index (χ4n) is 1.91. The molecule has 0 aromatic carbocycles. The van der Waals surface area contributed by atoms with E-state index in [9.17, 15) is 0 Å². The first-order valence-corrected chi connectivity index (χ1v) is 7.17. The number of nitrogens with one attached hydrogen (secondary N) is 2. The summed E-state index contributed by atoms with van der Waals surface area (Å²) in [7, 11) is 1.79. The largest absolute Gasteiger partial charge is 0.361 e. The molecule has 19 heavy (non-hydrogen) atoms. The zero-order valence-corrected chi connectivity index (χ0v) is 12.5. The lowest BCUT2D eigenvalue weighted by Gasteiger charge is -2.11. The van der Waals surface area contributed by atoms with Gasteiger partial charge in [0.2, 0.25) is 0 Å². The van der Waals surface area contributed by atoms with E-state index in [2.05, 4.69) is 41.6 Å². The van der Waals surface area contributed by atoms with Crippen LogP contribution in [0.15, 0.2) is 9.52 Å². The maximum Gasteiger partial charge on any atom is 0.191 e. The lowest BCUT2D eigenvalue weighted by Crippen LogP contribution is -2.37. The van der Waals surface area contributed by atoms with Crippen molar-refractivity contribution in [1.29, 1.82) is 0 Å². The molecular formula is C14H26N4O. The zero-order valence-electron chi connectivity index (χ0n) is 12.5. The van der Waals surface area contributed by atoms with Gasteiger partial charge in [-0.05, 0) is 12.8 Å². The molecule has 1 aromatic rings. The average molecular weight is 266 g/mol. The van der Waals surface area contributed by atoms with Gasteiger partial charge in [0.15, 0.2) is 5.96 Å². The monoisotopic (exact) mass is 266 g/mol. The molecule has 0 amide bonds. The first-order valence-electron chi connectivity index (χ1n) is 7.17. The summed E-state index contributed by atoms with van der Waals surface area (Å²) in [6.07, 6.45) is 4.08. The van der Waals surface area contributed by atoms with E-state index >= 15 is 0 Å². The predicted octanol–water partition coefficient (Wildman–Crippen LogP) is 2.26. The van der Waals surface area contributed by atoms with E-state index in [-0.39, 0.29) is 0 Å². The molecule has 0 aliphatic rings. The van der Waals surface area contributed by atoms with Crippen molar-refractivity contribution in [1.82, 2.24) is 15.8 Å². The Kier molecular flexibility index (Phi) is 7.00. The maximum atomic E-state index is 5.35. The van der Waals surface area contributed by atoms with Crippen LogP contribution in [0.3, 0.4) is 0 Å². The second-order valence-corrected chi connectivity index (χ2v) is 4.44. The predicted molar refractivity (Wildman–Crippen MR) is 78.4 cm³/mol. The molecule has 5 nitrogen and oxygen atoms in total. The highest BCUT2D eigenvalue weighted by Crippen LogP contribution is 2.15. The van der Waals surface area contributed by atoms with Crippen LogP contribution in [0.25, 0.3) is 0 Å². The van der Waals surface area contributed by atoms with Gasteiger partial charge >= 0.3 is 0 Å². The third kappa shape index (κ3) is 4.58. The Hall–Kier alpha value is -1.52. The third-order valence-electron chi connectivity index (χ3n) is 3.09. The number of aromatic nitrogens is 1. The standard InChI is InChI=1S/C14H26N4O/c1-5-8-9-16-14(15-4)17-10-11-12(6-2)18-19-13(11)7-3/h5-10H2,1-4H3,(H2,15,16,17). The molecule has 0 saturated heterocycles. The van der Waals surface area contributed by atoms with E-state index in [4.69, 9.17) is 4.52 Å². The van der Waals surface area contributed by atoms with Crippen molar-refractivity contribution >= 4 is 5.96 Å². The Bertz CT molecular complexity index is 377. The minimum absolute atomic E-state index is 0.710. The molecule has 0 unspecified atom stereocenters. The summed E-state index contributed by atoms with van der Waals surface area (Å²) >= 11 is 0. The van der Waals surface area contributed by atoms with Crippen LogP contribution >= 0.6 is 0 Å². The Morgan fingerprint density at radius 2 is 2.00 bits per heavy atom. The first kappa shape index (κ1) is 15.5. The fourth-order valence-corrected chi connectivity index (χ4v) is 1.91. The summed E-state index contributed by atoms with van der Waals surface area (Å²) in [6.45, 7) is 8.01. The Labute approximate surface area is 115 Å². The van der Waals surface area contributed by atoms with Crippen LogP contribution < -0.4 is 10.6 Å². The van der Waals surface area contributed by atoms with Crippen molar-refractivity contribution < 1.29 is 4.52 Å². The van der Waals surface area contributed by atoms with Crippen LogP contribution in [0, 0.1) is 0 Å². The normalized spacial score (nSPS) is 11.7. The van der Waals surface area contributed by atoms with Crippen LogP contribution in [0.5, 0.6) is 0 Å². The number of unbranched alkanes of at least 4 members (excludes halogenated alkanes) is 1. The first-order chi connectivity index (χ1) is 9.26. The van der Waals surface area contributed by atoms with E-state index in [0.717, 1.165) is 43.2 Å². The molecule has 2 N–H and O–H groups in total. The smallest absolute Gasteiger partial charge is 0.191 e. The molecular weight excluding hydrogens is 240 g/mol. The molecule has 1 rings (SSSR count). The average Bonchev–Trinajstić information content (AvgIpc) is 2.84. The van der Waals surface area contributed by atoms with E-state index in [1.807, 2.05) is 0 Å². The Morgan fingerprint density at radius 1 is 1.21 bits per heavy atom. The van der Waals surface area contributed by atoms with Crippen LogP contribution in [-0.4, -0.2) is 24.7 Å². The van der Waals surface area contributed by atoms with Crippen LogP contribution in [0.4, 0.5) is 0 Å². The number of rotatable bonds is 7. The van der Waals surface area contributed by atoms with E-state index in [1.165, 1.54) is 12.0 Å². The number of guanidine groups is 1. The second kappa shape index (κ2) is 8.56. The molecule has 5 heteroatoms. The summed E-state index contributed by atoms with van der Waals surface area (Å²) < 4.78 is 5.35. The SMILES string of the molecule is CCCCNC(=NC)NCc1c(CC)noc1CC. The van der Waals surface area contributed by atoms with Crippen molar-refractivity contribution in [2.24, 2.45) is 4.99 Å². The lowest BCUT2D eigenvalue weighted by molar-refractivity contribution is 0.380. The summed E-state index contributed by atoms with van der Waals surface area (Å²) in [5.41, 5.74) is 2.21. The number of nitrogens with zero attached hydrogens (tertiary/aromatic N) is 2. The van der Waals surface area contributed by atoms with Gasteiger partial charge in [0.25, 0.3) is 0 Å². The molecule has 108 valence electrons. The minimum Gasteiger partial charge on any atom is -0.361 e. The number of aryl methyl sites for hydroxylation is 2. The fraction of sp³-hybridized carbons (Fsp3) is 0.714. The summed E-state index contributed by atoms with van der Waals surface area (Å²) in [5.74, 6) is 1.80. The van der Waals surface area contributed by atoms with Gasteiger partial charge in [-0.3, -0.25) is 4.99 Å². The topological polar surface area (TPSA) is 62.5 Å². The number of hydrogen-bond donors (Lipinski definition) is 2. The van der Waals surface area contributed by atoms with E-state index in [0.29, 0.717) is 6.54 Å². The highest BCUT2D eigenvalue weighted by molar-refractivity contribution is 5.79. The molecule has 1 heterocycles. The van der Waals surface area contributed by atoms with Gasteiger partial charge in [0.1, 0.15) is 5.76 Å². The van der Waals surface area contributed by atoms with Crippen molar-refractivity contribution in [3.63, 3.8) is 0 Å². The van der Waals surface area contributed by atoms with Gasteiger partial charge in [0.05, 0.1) is 5.69 Å². The minimum atomic E-state index is 0.710. The molecule has 0 saturated carbocycles. The van der Waals surface area contributed by atoms with Crippen molar-refractivity contribution in [2.75, 3.05) is 13.6 Å². The quantitative estimate of drug-likeness (QED) is 0.451. The molecule has 0 spiro atoms. The molecule has 0 bridgehead atoms. The Balaban J connectivity index is 2.57. The molecule has 0 radical (unpaired) electrons. The van der Waals surface area contributed by atoms with Gasteiger partial charge in [-0.2, -0.15) is 0 Å². The maximum absolute atomic E-state index is 5.35. The van der Waals surface area contributed by atoms with Crippen LogP contribution in [0.1, 0.15) is 50.6 Å². The highest BCUT2D eigenvalue weighted by Gasteiger charge is 2.13. The van der Waals surface area contributed by atoms with Crippen molar-refractivity contribution in [3.05, 3.63) is 17.0 Å². The van der Waals surface area contributed by atoms with Gasteiger partial charge in [-0.15, -0.1) is 0 Å². The Morgan fingerprint density at radius 3 is 2.58 bits per heavy atom.